The van der Waals surface area contributed by atoms with Gasteiger partial charge in [0.2, 0.25) is 5.13 Å². The molecule has 1 aromatic heterocycles. The van der Waals surface area contributed by atoms with Gasteiger partial charge in [0.25, 0.3) is 0 Å². The Morgan fingerprint density at radius 2 is 2.06 bits per heavy atom. The van der Waals surface area contributed by atoms with Crippen LogP contribution in [-0.2, 0) is 0 Å². The number of anilines is 1. The number of hydrogen-bond donors (Lipinski definition) is 1. The summed E-state index contributed by atoms with van der Waals surface area (Å²) in [5, 5.41) is 12.2. The van der Waals surface area contributed by atoms with Crippen LogP contribution in [0.4, 0.5) is 5.13 Å². The highest BCUT2D eigenvalue weighted by molar-refractivity contribution is 9.11. The van der Waals surface area contributed by atoms with E-state index in [-0.39, 0.29) is 0 Å². The molecule has 5 heteroatoms. The van der Waals surface area contributed by atoms with Gasteiger partial charge in [-0.3, -0.25) is 0 Å². The van der Waals surface area contributed by atoms with Crippen molar-refractivity contribution in [3.05, 3.63) is 39.8 Å². The van der Waals surface area contributed by atoms with E-state index >= 15 is 0 Å². The third-order valence-corrected chi connectivity index (χ3v) is 3.60. The van der Waals surface area contributed by atoms with E-state index in [1.165, 1.54) is 16.9 Å². The minimum atomic E-state index is 0.293. The van der Waals surface area contributed by atoms with Crippen LogP contribution in [0.3, 0.4) is 0 Å². The van der Waals surface area contributed by atoms with Crippen molar-refractivity contribution in [1.29, 1.82) is 0 Å². The minimum absolute atomic E-state index is 0.293. The lowest BCUT2D eigenvalue weighted by Crippen LogP contribution is -2.09. The van der Waals surface area contributed by atoms with Crippen LogP contribution in [0.25, 0.3) is 0 Å². The summed E-state index contributed by atoms with van der Waals surface area (Å²) >= 11 is 4.81. The number of nitrogens with one attached hydrogen (secondary N) is 1. The standard InChI is InChI=1S/C11H12BrN3S/c1-2-9(8-6-4-3-5-7-8)13-11-15-14-10(12)16-11/h3-7,9H,2H2,1H3,(H,13,15). The topological polar surface area (TPSA) is 37.8 Å². The molecule has 84 valence electrons. The van der Waals surface area contributed by atoms with Crippen LogP contribution in [0.2, 0.25) is 0 Å². The molecule has 1 unspecified atom stereocenters. The van der Waals surface area contributed by atoms with E-state index in [4.69, 9.17) is 0 Å². The van der Waals surface area contributed by atoms with E-state index in [0.29, 0.717) is 6.04 Å². The van der Waals surface area contributed by atoms with Crippen LogP contribution in [0.1, 0.15) is 24.9 Å². The first-order valence-electron chi connectivity index (χ1n) is 5.10. The van der Waals surface area contributed by atoms with E-state index < -0.39 is 0 Å². The van der Waals surface area contributed by atoms with E-state index in [2.05, 4.69) is 62.6 Å². The molecule has 1 aromatic carbocycles. The first-order valence-corrected chi connectivity index (χ1v) is 6.71. The van der Waals surface area contributed by atoms with Crippen LogP contribution in [0.5, 0.6) is 0 Å². The molecule has 0 fully saturated rings. The van der Waals surface area contributed by atoms with E-state index in [9.17, 15) is 0 Å². The van der Waals surface area contributed by atoms with Crippen LogP contribution < -0.4 is 5.32 Å². The number of benzene rings is 1. The summed E-state index contributed by atoms with van der Waals surface area (Å²) in [4.78, 5) is 0. The molecular weight excluding hydrogens is 286 g/mol. The maximum Gasteiger partial charge on any atom is 0.206 e. The molecule has 2 aromatic rings. The van der Waals surface area contributed by atoms with Gasteiger partial charge < -0.3 is 5.32 Å². The van der Waals surface area contributed by atoms with Gasteiger partial charge in [0.1, 0.15) is 0 Å². The van der Waals surface area contributed by atoms with Crippen molar-refractivity contribution in [1.82, 2.24) is 10.2 Å². The summed E-state index contributed by atoms with van der Waals surface area (Å²) in [5.41, 5.74) is 1.27. The molecule has 1 N–H and O–H groups in total. The van der Waals surface area contributed by atoms with Gasteiger partial charge in [0, 0.05) is 0 Å². The van der Waals surface area contributed by atoms with Gasteiger partial charge in [-0.15, -0.1) is 10.2 Å². The highest BCUT2D eigenvalue weighted by atomic mass is 79.9. The molecule has 0 spiro atoms. The second kappa shape index (κ2) is 5.41. The van der Waals surface area contributed by atoms with E-state index in [0.717, 1.165) is 15.5 Å². The van der Waals surface area contributed by atoms with Crippen molar-refractivity contribution < 1.29 is 0 Å². The van der Waals surface area contributed by atoms with Gasteiger partial charge in [0.05, 0.1) is 6.04 Å². The van der Waals surface area contributed by atoms with Crippen molar-refractivity contribution in [2.75, 3.05) is 5.32 Å². The molecule has 0 bridgehead atoms. The normalized spacial score (nSPS) is 12.4. The number of hydrogen-bond acceptors (Lipinski definition) is 4. The Labute approximate surface area is 107 Å². The summed E-state index contributed by atoms with van der Waals surface area (Å²) in [6.45, 7) is 2.15. The van der Waals surface area contributed by atoms with E-state index in [1.54, 1.807) is 0 Å². The number of aromatic nitrogens is 2. The van der Waals surface area contributed by atoms with Gasteiger partial charge in [0.15, 0.2) is 3.92 Å². The van der Waals surface area contributed by atoms with Crippen LogP contribution in [0.15, 0.2) is 34.2 Å². The lowest BCUT2D eigenvalue weighted by molar-refractivity contribution is 0.745. The molecular formula is C11H12BrN3S. The lowest BCUT2D eigenvalue weighted by atomic mass is 10.1. The summed E-state index contributed by atoms with van der Waals surface area (Å²) in [6, 6.07) is 10.7. The summed E-state index contributed by atoms with van der Waals surface area (Å²) in [5.74, 6) is 0. The van der Waals surface area contributed by atoms with Crippen molar-refractivity contribution >= 4 is 32.4 Å². The zero-order chi connectivity index (χ0) is 11.4. The zero-order valence-electron chi connectivity index (χ0n) is 8.85. The predicted molar refractivity (Wildman–Crippen MR) is 70.7 cm³/mol. The smallest absolute Gasteiger partial charge is 0.206 e. The van der Waals surface area contributed by atoms with Crippen LogP contribution >= 0.6 is 27.3 Å². The first kappa shape index (κ1) is 11.5. The fraction of sp³-hybridized carbons (Fsp3) is 0.273. The van der Waals surface area contributed by atoms with Crippen LogP contribution in [0, 0.1) is 0 Å². The lowest BCUT2D eigenvalue weighted by Gasteiger charge is -2.15. The number of rotatable bonds is 4. The second-order valence-electron chi connectivity index (χ2n) is 3.38. The first-order chi connectivity index (χ1) is 7.79. The van der Waals surface area contributed by atoms with Gasteiger partial charge in [-0.05, 0) is 27.9 Å². The average molecular weight is 298 g/mol. The molecule has 0 amide bonds. The third-order valence-electron chi connectivity index (χ3n) is 2.31. The highest BCUT2D eigenvalue weighted by Crippen LogP contribution is 2.26. The molecule has 2 rings (SSSR count). The Bertz CT molecular complexity index is 444. The Morgan fingerprint density at radius 3 is 2.62 bits per heavy atom. The molecule has 0 aliphatic carbocycles. The molecule has 1 heterocycles. The maximum atomic E-state index is 4.04. The molecule has 0 saturated heterocycles. The summed E-state index contributed by atoms with van der Waals surface area (Å²) in [7, 11) is 0. The molecule has 0 aliphatic rings. The maximum absolute atomic E-state index is 4.04. The molecule has 0 saturated carbocycles. The Balaban J connectivity index is 2.12. The Kier molecular flexibility index (Phi) is 3.90. The second-order valence-corrected chi connectivity index (χ2v) is 5.63. The Hall–Kier alpha value is -0.940. The quantitative estimate of drug-likeness (QED) is 0.931. The van der Waals surface area contributed by atoms with Gasteiger partial charge in [-0.1, -0.05) is 48.6 Å². The number of halogens is 1. The van der Waals surface area contributed by atoms with Gasteiger partial charge in [-0.25, -0.2) is 0 Å². The SMILES string of the molecule is CCC(Nc1nnc(Br)s1)c1ccccc1. The monoisotopic (exact) mass is 297 g/mol. The zero-order valence-corrected chi connectivity index (χ0v) is 11.3. The van der Waals surface area contributed by atoms with Crippen molar-refractivity contribution in [3.63, 3.8) is 0 Å². The summed E-state index contributed by atoms with van der Waals surface area (Å²) in [6.07, 6.45) is 1.02. The van der Waals surface area contributed by atoms with Gasteiger partial charge in [-0.2, -0.15) is 0 Å². The Morgan fingerprint density at radius 1 is 1.31 bits per heavy atom. The highest BCUT2D eigenvalue weighted by Gasteiger charge is 2.10. The fourth-order valence-electron chi connectivity index (χ4n) is 1.52. The third kappa shape index (κ3) is 2.80. The molecule has 1 atom stereocenters. The van der Waals surface area contributed by atoms with Crippen molar-refractivity contribution in [2.45, 2.75) is 19.4 Å². The molecule has 16 heavy (non-hydrogen) atoms. The fourth-order valence-corrected chi connectivity index (χ4v) is 2.58. The molecule has 0 aliphatic heterocycles. The van der Waals surface area contributed by atoms with Crippen LogP contribution in [-0.4, -0.2) is 10.2 Å². The number of nitrogens with zero attached hydrogens (tertiary/aromatic N) is 2. The van der Waals surface area contributed by atoms with E-state index in [1.807, 2.05) is 6.07 Å². The molecule has 0 radical (unpaired) electrons. The molecule has 3 nitrogen and oxygen atoms in total. The minimum Gasteiger partial charge on any atom is -0.353 e. The predicted octanol–water partition coefficient (Wildman–Crippen LogP) is 3.86. The largest absolute Gasteiger partial charge is 0.353 e. The average Bonchev–Trinajstić information content (AvgIpc) is 2.73. The van der Waals surface area contributed by atoms with Crippen molar-refractivity contribution in [3.8, 4) is 0 Å². The van der Waals surface area contributed by atoms with Crippen molar-refractivity contribution in [2.24, 2.45) is 0 Å². The van der Waals surface area contributed by atoms with Gasteiger partial charge >= 0.3 is 0 Å². The summed E-state index contributed by atoms with van der Waals surface area (Å²) < 4.78 is 0.804.